The Hall–Kier alpha value is -2.90. The Labute approximate surface area is 145 Å². The maximum absolute atomic E-state index is 13.8. The fraction of sp³-hybridized carbons (Fsp3) is 0.353. The van der Waals surface area contributed by atoms with Crippen LogP contribution in [0.3, 0.4) is 0 Å². The number of imidazole rings is 1. The third-order valence-corrected chi connectivity index (χ3v) is 4.17. The zero-order valence-corrected chi connectivity index (χ0v) is 14.0. The van der Waals surface area contributed by atoms with Gasteiger partial charge in [0.2, 0.25) is 5.91 Å². The number of hydrogen-bond donors (Lipinski definition) is 1. The number of nitrogens with zero attached hydrogens (tertiary/aromatic N) is 4. The Morgan fingerprint density at radius 1 is 1.32 bits per heavy atom. The topological polar surface area (TPSA) is 70.5 Å². The largest absolute Gasteiger partial charge is 0.353 e. The summed E-state index contributed by atoms with van der Waals surface area (Å²) in [5.41, 5.74) is 0.242. The molecule has 25 heavy (non-hydrogen) atoms. The first kappa shape index (κ1) is 16.9. The molecule has 0 saturated carbocycles. The minimum absolute atomic E-state index is 0.0350. The van der Waals surface area contributed by atoms with Crippen LogP contribution in [0.2, 0.25) is 0 Å². The fourth-order valence-corrected chi connectivity index (χ4v) is 2.81. The van der Waals surface area contributed by atoms with Crippen LogP contribution >= 0.6 is 0 Å². The molecule has 1 N–H and O–H groups in total. The van der Waals surface area contributed by atoms with Gasteiger partial charge in [-0.05, 0) is 19.1 Å². The summed E-state index contributed by atoms with van der Waals surface area (Å²) in [5, 5.41) is 2.79. The predicted molar refractivity (Wildman–Crippen MR) is 90.7 cm³/mol. The van der Waals surface area contributed by atoms with E-state index in [-0.39, 0.29) is 24.2 Å². The maximum atomic E-state index is 13.8. The van der Waals surface area contributed by atoms with Gasteiger partial charge in [0, 0.05) is 38.6 Å². The molecule has 1 aromatic carbocycles. The number of para-hydroxylation sites is 1. The Morgan fingerprint density at radius 3 is 2.84 bits per heavy atom. The van der Waals surface area contributed by atoms with Crippen molar-refractivity contribution in [2.45, 2.75) is 13.5 Å². The van der Waals surface area contributed by atoms with Crippen molar-refractivity contribution in [2.75, 3.05) is 31.1 Å². The van der Waals surface area contributed by atoms with Gasteiger partial charge in [-0.25, -0.2) is 14.2 Å². The molecule has 0 spiro atoms. The number of carbonyl (C=O) groups is 2. The van der Waals surface area contributed by atoms with Crippen molar-refractivity contribution in [2.24, 2.45) is 0 Å². The summed E-state index contributed by atoms with van der Waals surface area (Å²) in [7, 11) is 0. The zero-order valence-electron chi connectivity index (χ0n) is 14.0. The van der Waals surface area contributed by atoms with E-state index in [4.69, 9.17) is 0 Å². The van der Waals surface area contributed by atoms with Crippen molar-refractivity contribution in [3.63, 3.8) is 0 Å². The minimum atomic E-state index is -0.446. The van der Waals surface area contributed by atoms with E-state index >= 15 is 0 Å². The smallest absolute Gasteiger partial charge is 0.325 e. The predicted octanol–water partition coefficient (Wildman–Crippen LogP) is 1.39. The van der Waals surface area contributed by atoms with Gasteiger partial charge in [-0.15, -0.1) is 0 Å². The van der Waals surface area contributed by atoms with E-state index in [1.54, 1.807) is 24.4 Å². The number of halogens is 1. The van der Waals surface area contributed by atoms with Gasteiger partial charge in [0.05, 0.1) is 5.69 Å². The molecule has 2 heterocycles. The second-order valence-corrected chi connectivity index (χ2v) is 5.82. The lowest BCUT2D eigenvalue weighted by atomic mass is 10.3. The number of carbonyl (C=O) groups excluding carboxylic acids is 2. The summed E-state index contributed by atoms with van der Waals surface area (Å²) in [6.45, 7) is 3.68. The molecule has 2 aromatic rings. The molecule has 0 unspecified atom stereocenters. The number of anilines is 1. The molecule has 0 radical (unpaired) electrons. The lowest BCUT2D eigenvalue weighted by Crippen LogP contribution is -2.40. The molecule has 3 rings (SSSR count). The highest BCUT2D eigenvalue weighted by Gasteiger charge is 2.31. The first-order valence-corrected chi connectivity index (χ1v) is 8.11. The minimum Gasteiger partial charge on any atom is -0.353 e. The normalized spacial score (nSPS) is 14.2. The number of aromatic nitrogens is 2. The van der Waals surface area contributed by atoms with Crippen LogP contribution in [-0.2, 0) is 11.3 Å². The number of urea groups is 1. The standard InChI is InChI=1S/C17H20FN5O2/c1-13-19-6-8-21(13)9-7-20-16(24)12-22-10-11-23(17(22)25)15-5-3-2-4-14(15)18/h2-6,8H,7,9-12H2,1H3,(H,20,24). The molecule has 1 saturated heterocycles. The van der Waals surface area contributed by atoms with Crippen LogP contribution in [-0.4, -0.2) is 52.6 Å². The van der Waals surface area contributed by atoms with Crippen molar-refractivity contribution in [3.05, 3.63) is 48.3 Å². The van der Waals surface area contributed by atoms with Crippen molar-refractivity contribution < 1.29 is 14.0 Å². The molecule has 132 valence electrons. The van der Waals surface area contributed by atoms with Gasteiger partial charge in [-0.1, -0.05) is 12.1 Å². The average molecular weight is 345 g/mol. The highest BCUT2D eigenvalue weighted by atomic mass is 19.1. The number of aryl methyl sites for hydroxylation is 1. The highest BCUT2D eigenvalue weighted by Crippen LogP contribution is 2.23. The fourth-order valence-electron chi connectivity index (χ4n) is 2.81. The second-order valence-electron chi connectivity index (χ2n) is 5.82. The third kappa shape index (κ3) is 3.78. The Bertz CT molecular complexity index is 776. The van der Waals surface area contributed by atoms with Crippen molar-refractivity contribution in [3.8, 4) is 0 Å². The second kappa shape index (κ2) is 7.33. The molecule has 1 aliphatic heterocycles. The Balaban J connectivity index is 1.50. The number of nitrogens with one attached hydrogen (secondary N) is 1. The van der Waals surface area contributed by atoms with E-state index in [0.29, 0.717) is 26.2 Å². The van der Waals surface area contributed by atoms with Crippen LogP contribution in [0.5, 0.6) is 0 Å². The van der Waals surface area contributed by atoms with E-state index in [0.717, 1.165) is 5.82 Å². The van der Waals surface area contributed by atoms with E-state index in [1.165, 1.54) is 15.9 Å². The first-order valence-electron chi connectivity index (χ1n) is 8.11. The van der Waals surface area contributed by atoms with Crippen LogP contribution in [0.4, 0.5) is 14.9 Å². The lowest BCUT2D eigenvalue weighted by Gasteiger charge is -2.19. The van der Waals surface area contributed by atoms with E-state index in [2.05, 4.69) is 10.3 Å². The molecule has 1 fully saturated rings. The summed E-state index contributed by atoms with van der Waals surface area (Å²) in [5.74, 6) is 0.198. The van der Waals surface area contributed by atoms with Crippen molar-refractivity contribution >= 4 is 17.6 Å². The Kier molecular flexibility index (Phi) is 4.97. The van der Waals surface area contributed by atoms with Gasteiger partial charge in [-0.3, -0.25) is 9.69 Å². The summed E-state index contributed by atoms with van der Waals surface area (Å²) in [6.07, 6.45) is 3.55. The third-order valence-electron chi connectivity index (χ3n) is 4.17. The van der Waals surface area contributed by atoms with Crippen LogP contribution in [0, 0.1) is 12.7 Å². The lowest BCUT2D eigenvalue weighted by molar-refractivity contribution is -0.121. The maximum Gasteiger partial charge on any atom is 0.325 e. The SMILES string of the molecule is Cc1nccn1CCNC(=O)CN1CCN(c2ccccc2F)C1=O. The summed E-state index contributed by atoms with van der Waals surface area (Å²) in [4.78, 5) is 31.3. The van der Waals surface area contributed by atoms with Crippen LogP contribution in [0.25, 0.3) is 0 Å². The van der Waals surface area contributed by atoms with Gasteiger partial charge in [0.25, 0.3) is 0 Å². The van der Waals surface area contributed by atoms with Crippen LogP contribution < -0.4 is 10.2 Å². The average Bonchev–Trinajstić information content (AvgIpc) is 3.15. The van der Waals surface area contributed by atoms with Gasteiger partial charge in [0.15, 0.2) is 0 Å². The van der Waals surface area contributed by atoms with Gasteiger partial charge < -0.3 is 14.8 Å². The quantitative estimate of drug-likeness (QED) is 0.860. The molecular weight excluding hydrogens is 325 g/mol. The van der Waals surface area contributed by atoms with E-state index in [9.17, 15) is 14.0 Å². The van der Waals surface area contributed by atoms with Gasteiger partial charge in [-0.2, -0.15) is 0 Å². The van der Waals surface area contributed by atoms with Crippen LogP contribution in [0.1, 0.15) is 5.82 Å². The Morgan fingerprint density at radius 2 is 2.12 bits per heavy atom. The monoisotopic (exact) mass is 345 g/mol. The molecule has 0 bridgehead atoms. The first-order chi connectivity index (χ1) is 12.1. The molecule has 7 nitrogen and oxygen atoms in total. The van der Waals surface area contributed by atoms with Crippen molar-refractivity contribution in [1.82, 2.24) is 19.8 Å². The molecule has 1 aromatic heterocycles. The van der Waals surface area contributed by atoms with Gasteiger partial charge >= 0.3 is 6.03 Å². The highest BCUT2D eigenvalue weighted by molar-refractivity contribution is 5.96. The summed E-state index contributed by atoms with van der Waals surface area (Å²) in [6, 6.07) is 5.78. The number of hydrogen-bond acceptors (Lipinski definition) is 3. The molecule has 0 aliphatic carbocycles. The molecule has 8 heteroatoms. The number of amides is 3. The van der Waals surface area contributed by atoms with E-state index in [1.807, 2.05) is 17.7 Å². The number of benzene rings is 1. The van der Waals surface area contributed by atoms with Gasteiger partial charge in [0.1, 0.15) is 18.2 Å². The molecule has 1 aliphatic rings. The summed E-state index contributed by atoms with van der Waals surface area (Å²) < 4.78 is 15.8. The van der Waals surface area contributed by atoms with E-state index < -0.39 is 5.82 Å². The van der Waals surface area contributed by atoms with Crippen molar-refractivity contribution in [1.29, 1.82) is 0 Å². The molecule has 3 amide bonds. The summed E-state index contributed by atoms with van der Waals surface area (Å²) >= 11 is 0. The zero-order chi connectivity index (χ0) is 17.8. The molecule has 0 atom stereocenters. The number of rotatable bonds is 6. The van der Waals surface area contributed by atoms with Crippen LogP contribution in [0.15, 0.2) is 36.7 Å². The molecular formula is C17H20FN5O2.